The minimum Gasteiger partial charge on any atom is -0.358 e. The van der Waals surface area contributed by atoms with Crippen LogP contribution in [-0.2, 0) is 0 Å². The first-order valence-electron chi connectivity index (χ1n) is 8.35. The molecule has 124 valence electrons. The summed E-state index contributed by atoms with van der Waals surface area (Å²) in [4.78, 5) is 15.5. The number of rotatable bonds is 6. The van der Waals surface area contributed by atoms with Crippen LogP contribution >= 0.6 is 0 Å². The third kappa shape index (κ3) is 4.29. The Bertz CT molecular complexity index is 601. The zero-order valence-electron chi connectivity index (χ0n) is 14.0. The number of quaternary nitrogens is 1. The van der Waals surface area contributed by atoms with Gasteiger partial charge in [0.1, 0.15) is 5.82 Å². The SMILES string of the molecule is CCCC(=O)c1cc(F)c(N2CC[NH+](CCC#N)CC2)cc1C. The van der Waals surface area contributed by atoms with Crippen molar-refractivity contribution in [3.8, 4) is 6.07 Å². The molecule has 5 heteroatoms. The molecule has 1 N–H and O–H groups in total. The molecule has 0 spiro atoms. The van der Waals surface area contributed by atoms with Crippen LogP contribution in [-0.4, -0.2) is 38.5 Å². The summed E-state index contributed by atoms with van der Waals surface area (Å²) >= 11 is 0. The van der Waals surface area contributed by atoms with E-state index in [0.29, 0.717) is 24.1 Å². The molecule has 0 radical (unpaired) electrons. The Hall–Kier alpha value is -1.93. The second-order valence-electron chi connectivity index (χ2n) is 6.19. The van der Waals surface area contributed by atoms with Crippen LogP contribution in [0.2, 0.25) is 0 Å². The van der Waals surface area contributed by atoms with E-state index >= 15 is 0 Å². The van der Waals surface area contributed by atoms with E-state index in [1.54, 1.807) is 6.07 Å². The number of hydrogen-bond acceptors (Lipinski definition) is 3. The van der Waals surface area contributed by atoms with Crippen molar-refractivity contribution >= 4 is 11.5 Å². The van der Waals surface area contributed by atoms with Gasteiger partial charge < -0.3 is 9.80 Å². The number of nitriles is 1. The summed E-state index contributed by atoms with van der Waals surface area (Å²) in [6, 6.07) is 5.38. The first-order valence-corrected chi connectivity index (χ1v) is 8.35. The molecular weight excluding hydrogens is 293 g/mol. The molecule has 1 aliphatic rings. The van der Waals surface area contributed by atoms with Crippen LogP contribution in [0.1, 0.15) is 42.1 Å². The van der Waals surface area contributed by atoms with Crippen molar-refractivity contribution in [2.45, 2.75) is 33.1 Å². The lowest BCUT2D eigenvalue weighted by Crippen LogP contribution is -3.14. The van der Waals surface area contributed by atoms with Gasteiger partial charge in [0.15, 0.2) is 5.78 Å². The first kappa shape index (κ1) is 17.4. The molecule has 1 aromatic rings. The molecule has 0 bridgehead atoms. The summed E-state index contributed by atoms with van der Waals surface area (Å²) in [7, 11) is 0. The van der Waals surface area contributed by atoms with E-state index in [2.05, 4.69) is 6.07 Å². The average Bonchev–Trinajstić information content (AvgIpc) is 2.55. The number of anilines is 1. The van der Waals surface area contributed by atoms with Gasteiger partial charge in [0.05, 0.1) is 50.9 Å². The maximum Gasteiger partial charge on any atom is 0.163 e. The molecule has 0 aliphatic carbocycles. The summed E-state index contributed by atoms with van der Waals surface area (Å²) < 4.78 is 14.5. The molecule has 0 unspecified atom stereocenters. The number of aryl methyl sites for hydroxylation is 1. The molecule has 4 nitrogen and oxygen atoms in total. The van der Waals surface area contributed by atoms with Crippen molar-refractivity contribution < 1.29 is 14.1 Å². The van der Waals surface area contributed by atoms with Crippen molar-refractivity contribution in [3.63, 3.8) is 0 Å². The van der Waals surface area contributed by atoms with Gasteiger partial charge in [-0.1, -0.05) is 6.92 Å². The molecule has 0 aromatic heterocycles. The van der Waals surface area contributed by atoms with E-state index in [4.69, 9.17) is 5.26 Å². The number of hydrogen-bond donors (Lipinski definition) is 1. The molecule has 0 amide bonds. The number of carbonyl (C=O) groups excluding carboxylic acids is 1. The molecule has 1 fully saturated rings. The Kier molecular flexibility index (Phi) is 6.12. The van der Waals surface area contributed by atoms with Gasteiger partial charge in [0.2, 0.25) is 0 Å². The second kappa shape index (κ2) is 8.07. The summed E-state index contributed by atoms with van der Waals surface area (Å²) in [6.07, 6.45) is 1.80. The molecular formula is C18H25FN3O+. The number of Topliss-reactive ketones (excluding diaryl/α,β-unsaturated/α-hetero) is 1. The van der Waals surface area contributed by atoms with E-state index in [-0.39, 0.29) is 11.6 Å². The van der Waals surface area contributed by atoms with Crippen molar-refractivity contribution in [3.05, 3.63) is 29.1 Å². The number of piperazine rings is 1. The standard InChI is InChI=1S/C18H24FN3O/c1-3-5-18(23)15-13-16(19)17(12-14(15)2)22-10-8-21(9-11-22)7-4-6-20/h12-13H,3-5,7-11H2,1-2H3/p+1. The predicted octanol–water partition coefficient (Wildman–Crippen LogP) is 1.74. The Morgan fingerprint density at radius 3 is 2.70 bits per heavy atom. The summed E-state index contributed by atoms with van der Waals surface area (Å²) in [5.41, 5.74) is 1.94. The van der Waals surface area contributed by atoms with Gasteiger partial charge >= 0.3 is 0 Å². The third-order valence-corrected chi connectivity index (χ3v) is 4.47. The lowest BCUT2D eigenvalue weighted by Gasteiger charge is -2.33. The summed E-state index contributed by atoms with van der Waals surface area (Å²) in [6.45, 7) is 8.06. The first-order chi connectivity index (χ1) is 11.1. The fourth-order valence-corrected chi connectivity index (χ4v) is 3.12. The molecule has 1 heterocycles. The molecule has 1 aromatic carbocycles. The number of nitrogens with one attached hydrogen (secondary N) is 1. The molecule has 2 rings (SSSR count). The van der Waals surface area contributed by atoms with Crippen LogP contribution < -0.4 is 9.80 Å². The smallest absolute Gasteiger partial charge is 0.163 e. The maximum absolute atomic E-state index is 14.5. The minimum atomic E-state index is -0.310. The van der Waals surface area contributed by atoms with Gasteiger partial charge in [-0.05, 0) is 31.0 Å². The van der Waals surface area contributed by atoms with Crippen molar-refractivity contribution in [1.82, 2.24) is 0 Å². The lowest BCUT2D eigenvalue weighted by molar-refractivity contribution is -0.900. The average molecular weight is 318 g/mol. The zero-order valence-corrected chi connectivity index (χ0v) is 14.0. The zero-order chi connectivity index (χ0) is 16.8. The van der Waals surface area contributed by atoms with Crippen LogP contribution in [0, 0.1) is 24.1 Å². The fraction of sp³-hybridized carbons (Fsp3) is 0.556. The quantitative estimate of drug-likeness (QED) is 0.813. The Balaban J connectivity index is 2.08. The van der Waals surface area contributed by atoms with Gasteiger partial charge in [-0.15, -0.1) is 0 Å². The third-order valence-electron chi connectivity index (χ3n) is 4.47. The van der Waals surface area contributed by atoms with Crippen LogP contribution in [0.3, 0.4) is 0 Å². The number of ketones is 1. The maximum atomic E-state index is 14.5. The number of benzene rings is 1. The van der Waals surface area contributed by atoms with E-state index in [1.807, 2.05) is 18.7 Å². The van der Waals surface area contributed by atoms with Gasteiger partial charge in [-0.3, -0.25) is 4.79 Å². The second-order valence-corrected chi connectivity index (χ2v) is 6.19. The molecule has 0 saturated carbocycles. The Morgan fingerprint density at radius 1 is 1.39 bits per heavy atom. The molecule has 0 atom stereocenters. The van der Waals surface area contributed by atoms with Crippen molar-refractivity contribution in [1.29, 1.82) is 5.26 Å². The monoisotopic (exact) mass is 318 g/mol. The van der Waals surface area contributed by atoms with Crippen LogP contribution in [0.15, 0.2) is 12.1 Å². The van der Waals surface area contributed by atoms with E-state index in [9.17, 15) is 9.18 Å². The van der Waals surface area contributed by atoms with Gasteiger partial charge in [-0.2, -0.15) is 5.26 Å². The number of halogens is 1. The Labute approximate surface area is 137 Å². The van der Waals surface area contributed by atoms with Crippen molar-refractivity contribution in [2.75, 3.05) is 37.6 Å². The normalized spacial score (nSPS) is 15.5. The van der Waals surface area contributed by atoms with Gasteiger partial charge in [0, 0.05) is 12.0 Å². The Morgan fingerprint density at radius 2 is 2.09 bits per heavy atom. The fourth-order valence-electron chi connectivity index (χ4n) is 3.12. The van der Waals surface area contributed by atoms with Gasteiger partial charge in [0.25, 0.3) is 0 Å². The predicted molar refractivity (Wildman–Crippen MR) is 88.4 cm³/mol. The minimum absolute atomic E-state index is 0.0150. The van der Waals surface area contributed by atoms with Crippen LogP contribution in [0.4, 0.5) is 10.1 Å². The molecule has 1 aliphatic heterocycles. The topological polar surface area (TPSA) is 48.5 Å². The van der Waals surface area contributed by atoms with E-state index < -0.39 is 0 Å². The van der Waals surface area contributed by atoms with Gasteiger partial charge in [-0.25, -0.2) is 4.39 Å². The highest BCUT2D eigenvalue weighted by atomic mass is 19.1. The summed E-state index contributed by atoms with van der Waals surface area (Å²) in [5, 5.41) is 8.65. The largest absolute Gasteiger partial charge is 0.358 e. The molecule has 1 saturated heterocycles. The highest BCUT2D eigenvalue weighted by molar-refractivity contribution is 5.97. The van der Waals surface area contributed by atoms with Crippen LogP contribution in [0.5, 0.6) is 0 Å². The van der Waals surface area contributed by atoms with E-state index in [0.717, 1.165) is 44.7 Å². The number of carbonyl (C=O) groups is 1. The van der Waals surface area contributed by atoms with Crippen LogP contribution in [0.25, 0.3) is 0 Å². The lowest BCUT2D eigenvalue weighted by atomic mass is 10.00. The highest BCUT2D eigenvalue weighted by Gasteiger charge is 2.23. The molecule has 23 heavy (non-hydrogen) atoms. The highest BCUT2D eigenvalue weighted by Crippen LogP contribution is 2.25. The van der Waals surface area contributed by atoms with E-state index in [1.165, 1.54) is 11.0 Å². The summed E-state index contributed by atoms with van der Waals surface area (Å²) in [5.74, 6) is -0.295. The number of nitrogens with zero attached hydrogens (tertiary/aromatic N) is 2. The van der Waals surface area contributed by atoms with Crippen molar-refractivity contribution in [2.24, 2.45) is 0 Å².